The molecule has 88 valence electrons. The van der Waals surface area contributed by atoms with Gasteiger partial charge < -0.3 is 4.90 Å². The Kier molecular flexibility index (Phi) is 6.27. The second-order valence-electron chi connectivity index (χ2n) is 4.04. The van der Waals surface area contributed by atoms with E-state index in [1.807, 2.05) is 11.8 Å². The van der Waals surface area contributed by atoms with Crippen LogP contribution in [0.2, 0.25) is 0 Å². The highest BCUT2D eigenvalue weighted by Gasteiger charge is 1.97. The molecule has 1 aromatic rings. The second-order valence-corrected chi connectivity index (χ2v) is 5.01. The van der Waals surface area contributed by atoms with Crippen LogP contribution in [-0.4, -0.2) is 31.3 Å². The molecule has 0 aliphatic heterocycles. The van der Waals surface area contributed by atoms with Crippen LogP contribution in [0.5, 0.6) is 0 Å². The van der Waals surface area contributed by atoms with E-state index in [0.717, 1.165) is 18.7 Å². The van der Waals surface area contributed by atoms with Gasteiger partial charge in [-0.05, 0) is 37.1 Å². The van der Waals surface area contributed by atoms with Crippen molar-refractivity contribution in [1.29, 1.82) is 0 Å². The van der Waals surface area contributed by atoms with E-state index in [2.05, 4.69) is 61.7 Å². The standard InChI is InChI=1S/C14H21NS/c1-4-13(12-16-11-10-15(2)3)14-8-6-5-7-9-14/h5-9,12H,4,10-11H2,1-3H3. The minimum Gasteiger partial charge on any atom is -0.309 e. The topological polar surface area (TPSA) is 3.24 Å². The van der Waals surface area contributed by atoms with E-state index >= 15 is 0 Å². The SMILES string of the molecule is CCC(=CSCCN(C)C)c1ccccc1. The van der Waals surface area contributed by atoms with Crippen molar-refractivity contribution in [3.63, 3.8) is 0 Å². The van der Waals surface area contributed by atoms with Crippen molar-refractivity contribution in [2.75, 3.05) is 26.4 Å². The smallest absolute Gasteiger partial charge is 0.0102 e. The van der Waals surface area contributed by atoms with E-state index in [1.165, 1.54) is 11.1 Å². The normalized spacial score (nSPS) is 12.1. The number of hydrogen-bond acceptors (Lipinski definition) is 2. The molecule has 0 bridgehead atoms. The highest BCUT2D eigenvalue weighted by Crippen LogP contribution is 2.21. The Hall–Kier alpha value is -0.730. The molecular formula is C14H21NS. The molecular weight excluding hydrogens is 214 g/mol. The highest BCUT2D eigenvalue weighted by atomic mass is 32.2. The van der Waals surface area contributed by atoms with Gasteiger partial charge in [0.15, 0.2) is 0 Å². The zero-order valence-corrected chi connectivity index (χ0v) is 11.3. The molecule has 0 saturated carbocycles. The molecule has 16 heavy (non-hydrogen) atoms. The van der Waals surface area contributed by atoms with Crippen LogP contribution in [0.3, 0.4) is 0 Å². The van der Waals surface area contributed by atoms with Crippen LogP contribution < -0.4 is 0 Å². The number of nitrogens with zero attached hydrogens (tertiary/aromatic N) is 1. The summed E-state index contributed by atoms with van der Waals surface area (Å²) in [6, 6.07) is 10.6. The van der Waals surface area contributed by atoms with Crippen molar-refractivity contribution < 1.29 is 0 Å². The van der Waals surface area contributed by atoms with Gasteiger partial charge in [0.25, 0.3) is 0 Å². The average Bonchev–Trinajstić information content (AvgIpc) is 2.30. The number of thioether (sulfide) groups is 1. The first-order chi connectivity index (χ1) is 7.74. The molecule has 0 radical (unpaired) electrons. The molecule has 0 heterocycles. The van der Waals surface area contributed by atoms with Crippen molar-refractivity contribution in [2.24, 2.45) is 0 Å². The third-order valence-electron chi connectivity index (χ3n) is 2.41. The lowest BCUT2D eigenvalue weighted by Crippen LogP contribution is -2.14. The minimum absolute atomic E-state index is 1.10. The minimum atomic E-state index is 1.10. The van der Waals surface area contributed by atoms with Crippen molar-refractivity contribution >= 4 is 17.3 Å². The summed E-state index contributed by atoms with van der Waals surface area (Å²) in [6.07, 6.45) is 1.10. The van der Waals surface area contributed by atoms with Crippen LogP contribution in [-0.2, 0) is 0 Å². The van der Waals surface area contributed by atoms with E-state index in [9.17, 15) is 0 Å². The van der Waals surface area contributed by atoms with E-state index < -0.39 is 0 Å². The molecule has 1 aromatic carbocycles. The Balaban J connectivity index is 2.51. The quantitative estimate of drug-likeness (QED) is 0.691. The van der Waals surface area contributed by atoms with Gasteiger partial charge in [0.1, 0.15) is 0 Å². The molecule has 0 N–H and O–H groups in total. The molecule has 0 saturated heterocycles. The third kappa shape index (κ3) is 4.86. The predicted molar refractivity (Wildman–Crippen MR) is 75.7 cm³/mol. The zero-order chi connectivity index (χ0) is 11.8. The summed E-state index contributed by atoms with van der Waals surface area (Å²) in [4.78, 5) is 2.22. The van der Waals surface area contributed by atoms with Crippen molar-refractivity contribution in [2.45, 2.75) is 13.3 Å². The first kappa shape index (κ1) is 13.3. The van der Waals surface area contributed by atoms with Crippen molar-refractivity contribution in [3.05, 3.63) is 41.3 Å². The van der Waals surface area contributed by atoms with Gasteiger partial charge in [-0.1, -0.05) is 37.3 Å². The van der Waals surface area contributed by atoms with Crippen molar-refractivity contribution in [1.82, 2.24) is 4.90 Å². The van der Waals surface area contributed by atoms with Crippen LogP contribution in [0.15, 0.2) is 35.7 Å². The summed E-state index contributed by atoms with van der Waals surface area (Å²) in [5, 5.41) is 2.30. The fourth-order valence-corrected chi connectivity index (χ4v) is 2.49. The molecule has 0 amide bonds. The van der Waals surface area contributed by atoms with Gasteiger partial charge in [-0.3, -0.25) is 0 Å². The largest absolute Gasteiger partial charge is 0.309 e. The number of rotatable bonds is 6. The lowest BCUT2D eigenvalue weighted by Gasteiger charge is -2.08. The average molecular weight is 235 g/mol. The van der Waals surface area contributed by atoms with Gasteiger partial charge in [0.05, 0.1) is 0 Å². The zero-order valence-electron chi connectivity index (χ0n) is 10.4. The third-order valence-corrected chi connectivity index (χ3v) is 3.28. The molecule has 0 aliphatic rings. The fraction of sp³-hybridized carbons (Fsp3) is 0.429. The van der Waals surface area contributed by atoms with Crippen LogP contribution >= 0.6 is 11.8 Å². The van der Waals surface area contributed by atoms with E-state index in [0.29, 0.717) is 0 Å². The number of benzene rings is 1. The van der Waals surface area contributed by atoms with Gasteiger partial charge >= 0.3 is 0 Å². The first-order valence-electron chi connectivity index (χ1n) is 5.75. The highest BCUT2D eigenvalue weighted by molar-refractivity contribution is 8.02. The second kappa shape index (κ2) is 7.53. The van der Waals surface area contributed by atoms with Crippen molar-refractivity contribution in [3.8, 4) is 0 Å². The Morgan fingerprint density at radius 2 is 1.94 bits per heavy atom. The molecule has 2 heteroatoms. The van der Waals surface area contributed by atoms with Crippen LogP contribution in [0.1, 0.15) is 18.9 Å². The summed E-state index contributed by atoms with van der Waals surface area (Å²) < 4.78 is 0. The van der Waals surface area contributed by atoms with E-state index in [4.69, 9.17) is 0 Å². The summed E-state index contributed by atoms with van der Waals surface area (Å²) in [5.41, 5.74) is 2.78. The Labute approximate surface area is 104 Å². The molecule has 0 aliphatic carbocycles. The molecule has 0 aromatic heterocycles. The van der Waals surface area contributed by atoms with Gasteiger partial charge in [0.2, 0.25) is 0 Å². The van der Waals surface area contributed by atoms with E-state index in [-0.39, 0.29) is 0 Å². The number of hydrogen-bond donors (Lipinski definition) is 0. The molecule has 1 rings (SSSR count). The summed E-state index contributed by atoms with van der Waals surface area (Å²) in [6.45, 7) is 3.35. The molecule has 1 nitrogen and oxygen atoms in total. The molecule has 0 unspecified atom stereocenters. The summed E-state index contributed by atoms with van der Waals surface area (Å²) >= 11 is 1.91. The number of allylic oxidation sites excluding steroid dienone is 1. The summed E-state index contributed by atoms with van der Waals surface area (Å²) in [7, 11) is 4.23. The maximum absolute atomic E-state index is 2.30. The Morgan fingerprint density at radius 1 is 1.25 bits per heavy atom. The van der Waals surface area contributed by atoms with Gasteiger partial charge in [0, 0.05) is 12.3 Å². The van der Waals surface area contributed by atoms with Crippen LogP contribution in [0.25, 0.3) is 5.57 Å². The molecule has 0 atom stereocenters. The lowest BCUT2D eigenvalue weighted by atomic mass is 10.1. The monoisotopic (exact) mass is 235 g/mol. The van der Waals surface area contributed by atoms with Gasteiger partial charge in [-0.15, -0.1) is 11.8 Å². The Morgan fingerprint density at radius 3 is 2.50 bits per heavy atom. The fourth-order valence-electron chi connectivity index (χ4n) is 1.40. The predicted octanol–water partition coefficient (Wildman–Crippen LogP) is 3.73. The van der Waals surface area contributed by atoms with Gasteiger partial charge in [-0.2, -0.15) is 0 Å². The van der Waals surface area contributed by atoms with Crippen LogP contribution in [0.4, 0.5) is 0 Å². The maximum atomic E-state index is 2.30. The Bertz CT molecular complexity index is 317. The maximum Gasteiger partial charge on any atom is 0.0102 e. The van der Waals surface area contributed by atoms with Gasteiger partial charge in [-0.25, -0.2) is 0 Å². The first-order valence-corrected chi connectivity index (χ1v) is 6.79. The lowest BCUT2D eigenvalue weighted by molar-refractivity contribution is 0.437. The van der Waals surface area contributed by atoms with Crippen LogP contribution in [0, 0.1) is 0 Å². The molecule has 0 fully saturated rings. The summed E-state index contributed by atoms with van der Waals surface area (Å²) in [5.74, 6) is 1.16. The van der Waals surface area contributed by atoms with E-state index in [1.54, 1.807) is 0 Å². The molecule has 0 spiro atoms.